The zero-order valence-electron chi connectivity index (χ0n) is 18.9. The maximum Gasteiger partial charge on any atom is 0.431 e. The van der Waals surface area contributed by atoms with Crippen molar-refractivity contribution in [2.45, 2.75) is 57.9 Å². The van der Waals surface area contributed by atoms with Crippen molar-refractivity contribution >= 4 is 29.2 Å². The third-order valence-corrected chi connectivity index (χ3v) is 5.83. The molecule has 0 aromatic heterocycles. The van der Waals surface area contributed by atoms with E-state index in [0.29, 0.717) is 21.4 Å². The van der Waals surface area contributed by atoms with Crippen LogP contribution >= 0.6 is 11.8 Å². The minimum Gasteiger partial charge on any atom is -0.311 e. The molecule has 1 aromatic carbocycles. The summed E-state index contributed by atoms with van der Waals surface area (Å²) in [5, 5.41) is 8.80. The predicted molar refractivity (Wildman–Crippen MR) is 114 cm³/mol. The van der Waals surface area contributed by atoms with Gasteiger partial charge in [-0.15, -0.1) is 11.8 Å². The Morgan fingerprint density at radius 2 is 1.69 bits per heavy atom. The number of hydrogen-bond acceptors (Lipinski definition) is 5. The van der Waals surface area contributed by atoms with E-state index < -0.39 is 23.6 Å². The fraction of sp³-hybridized carbons (Fsp3) is 0.455. The van der Waals surface area contributed by atoms with E-state index in [9.17, 15) is 31.9 Å². The van der Waals surface area contributed by atoms with Crippen molar-refractivity contribution in [2.24, 2.45) is 5.92 Å². The minimum absolute atomic E-state index is 0.0702. The van der Waals surface area contributed by atoms with Crippen LogP contribution in [-0.4, -0.2) is 40.8 Å². The van der Waals surface area contributed by atoms with Crippen molar-refractivity contribution < 1.29 is 31.9 Å². The summed E-state index contributed by atoms with van der Waals surface area (Å²) in [6.45, 7) is 9.08. The van der Waals surface area contributed by atoms with Crippen molar-refractivity contribution in [1.29, 1.82) is 5.26 Å². The lowest BCUT2D eigenvalue weighted by molar-refractivity contribution is -0.138. The number of hydrogen-bond donors (Lipinski definition) is 0. The highest BCUT2D eigenvalue weighted by Gasteiger charge is 2.37. The number of carbonyl (C=O) groups is 3. The lowest BCUT2D eigenvalue weighted by Crippen LogP contribution is -2.32. The van der Waals surface area contributed by atoms with E-state index in [1.165, 1.54) is 17.8 Å². The van der Waals surface area contributed by atoms with E-state index in [0.717, 1.165) is 20.9 Å². The summed E-state index contributed by atoms with van der Waals surface area (Å²) >= 11 is 1.34. The minimum atomic E-state index is -4.70. The van der Waals surface area contributed by atoms with Gasteiger partial charge in [-0.1, -0.05) is 13.8 Å². The van der Waals surface area contributed by atoms with Crippen molar-refractivity contribution in [2.75, 3.05) is 7.05 Å². The molecule has 0 saturated heterocycles. The van der Waals surface area contributed by atoms with Crippen LogP contribution in [0.25, 0.3) is 0 Å². The van der Waals surface area contributed by atoms with Gasteiger partial charge in [-0.05, 0) is 44.4 Å². The number of amides is 1. The third-order valence-electron chi connectivity index (χ3n) is 4.11. The zero-order valence-corrected chi connectivity index (χ0v) is 19.7. The fourth-order valence-corrected chi connectivity index (χ4v) is 3.58. The number of ketones is 2. The van der Waals surface area contributed by atoms with Gasteiger partial charge in [0.05, 0.1) is 10.8 Å². The van der Waals surface area contributed by atoms with Crippen LogP contribution in [0.2, 0.25) is 0 Å². The second-order valence-corrected chi connectivity index (χ2v) is 8.50. The maximum absolute atomic E-state index is 13.4. The standard InChI is InChI=1S/C14H16FNOS.C8H10F3NO2/c1-8(2)14(10(4)17)18-13-5-9(3)12(15)6-11(13)7-16;1-5(13)4-7(8(9,10)11)12(3)6(2)14/h5-6,8,14H,1-4H3;4H,1-3H3/b;7-4-. The molecule has 1 rings (SSSR count). The van der Waals surface area contributed by atoms with Crippen LogP contribution in [0.5, 0.6) is 0 Å². The lowest BCUT2D eigenvalue weighted by Gasteiger charge is -2.20. The second kappa shape index (κ2) is 12.4. The summed E-state index contributed by atoms with van der Waals surface area (Å²) < 4.78 is 50.2. The van der Waals surface area contributed by atoms with Crippen molar-refractivity contribution in [3.63, 3.8) is 0 Å². The molecule has 0 radical (unpaired) electrons. The Labute approximate surface area is 189 Å². The number of Topliss-reactive ketones (excluding diaryl/α,β-unsaturated/α-hetero) is 1. The number of alkyl halides is 3. The van der Waals surface area contributed by atoms with Gasteiger partial charge < -0.3 is 4.90 Å². The Bertz CT molecular complexity index is 934. The number of benzene rings is 1. The molecule has 0 aliphatic heterocycles. The molecule has 0 saturated carbocycles. The first-order valence-corrected chi connectivity index (χ1v) is 10.3. The number of carbonyl (C=O) groups excluding carboxylic acids is 3. The number of nitriles is 1. The van der Waals surface area contributed by atoms with E-state index in [4.69, 9.17) is 5.26 Å². The average Bonchev–Trinajstić information content (AvgIpc) is 2.64. The largest absolute Gasteiger partial charge is 0.431 e. The van der Waals surface area contributed by atoms with Crippen LogP contribution in [0.15, 0.2) is 28.8 Å². The predicted octanol–water partition coefficient (Wildman–Crippen LogP) is 5.21. The molecule has 0 N–H and O–H groups in total. The zero-order chi connectivity index (χ0) is 25.4. The van der Waals surface area contributed by atoms with Crippen LogP contribution < -0.4 is 0 Å². The maximum atomic E-state index is 13.4. The molecule has 1 amide bonds. The molecule has 1 aromatic rings. The quantitative estimate of drug-likeness (QED) is 0.321. The summed E-state index contributed by atoms with van der Waals surface area (Å²) in [6.07, 6.45) is -4.31. The molecule has 1 atom stereocenters. The number of rotatable bonds is 6. The van der Waals surface area contributed by atoms with E-state index in [2.05, 4.69) is 0 Å². The number of allylic oxidation sites excluding steroid dienone is 2. The van der Waals surface area contributed by atoms with Crippen molar-refractivity contribution in [3.8, 4) is 6.07 Å². The molecule has 10 heteroatoms. The molecule has 0 aliphatic rings. The molecular formula is C22H26F4N2O3S. The Kier molecular flexibility index (Phi) is 11.4. The van der Waals surface area contributed by atoms with Gasteiger partial charge >= 0.3 is 6.18 Å². The van der Waals surface area contributed by atoms with Crippen LogP contribution in [0.4, 0.5) is 17.6 Å². The first-order chi connectivity index (χ1) is 14.5. The number of nitrogens with zero attached hydrogens (tertiary/aromatic N) is 2. The Morgan fingerprint density at radius 1 is 1.16 bits per heavy atom. The van der Waals surface area contributed by atoms with E-state index in [1.54, 1.807) is 19.9 Å². The monoisotopic (exact) mass is 474 g/mol. The van der Waals surface area contributed by atoms with Gasteiger partial charge in [-0.25, -0.2) is 4.39 Å². The Morgan fingerprint density at radius 3 is 2.03 bits per heavy atom. The summed E-state index contributed by atoms with van der Waals surface area (Å²) in [5.41, 5.74) is -0.477. The normalized spacial score (nSPS) is 12.4. The first kappa shape index (κ1) is 29.3. The highest BCUT2D eigenvalue weighted by molar-refractivity contribution is 8.00. The molecule has 176 valence electrons. The van der Waals surface area contributed by atoms with Gasteiger partial charge in [0.25, 0.3) is 0 Å². The van der Waals surface area contributed by atoms with Crippen LogP contribution in [0.3, 0.4) is 0 Å². The average molecular weight is 475 g/mol. The molecule has 5 nitrogen and oxygen atoms in total. The fourth-order valence-electron chi connectivity index (χ4n) is 2.40. The van der Waals surface area contributed by atoms with Gasteiger partial charge in [0, 0.05) is 24.9 Å². The number of halogens is 4. The van der Waals surface area contributed by atoms with Gasteiger partial charge in [0.1, 0.15) is 23.4 Å². The third kappa shape index (κ3) is 9.22. The van der Waals surface area contributed by atoms with Gasteiger partial charge in [-0.2, -0.15) is 18.4 Å². The number of thioether (sulfide) groups is 1. The molecule has 0 aliphatic carbocycles. The molecule has 0 heterocycles. The summed E-state index contributed by atoms with van der Waals surface area (Å²) in [5.74, 6) is -1.69. The summed E-state index contributed by atoms with van der Waals surface area (Å²) in [6, 6.07) is 4.84. The van der Waals surface area contributed by atoms with Crippen LogP contribution in [0, 0.1) is 30.0 Å². The highest BCUT2D eigenvalue weighted by Crippen LogP contribution is 2.32. The molecule has 0 fully saturated rings. The SMILES string of the molecule is CC(=O)/C=C(\N(C)C(C)=O)C(F)(F)F.CC(=O)C(Sc1cc(C)c(F)cc1C#N)C(C)C. The summed E-state index contributed by atoms with van der Waals surface area (Å²) in [4.78, 5) is 33.8. The van der Waals surface area contributed by atoms with E-state index in [1.807, 2.05) is 19.9 Å². The van der Waals surface area contributed by atoms with Crippen LogP contribution in [0.1, 0.15) is 45.7 Å². The van der Waals surface area contributed by atoms with Crippen LogP contribution in [-0.2, 0) is 14.4 Å². The Hall–Kier alpha value is -2.67. The van der Waals surface area contributed by atoms with Crippen molar-refractivity contribution in [3.05, 3.63) is 40.8 Å². The summed E-state index contributed by atoms with van der Waals surface area (Å²) in [7, 11) is 0.963. The van der Waals surface area contributed by atoms with Gasteiger partial charge in [-0.3, -0.25) is 14.4 Å². The van der Waals surface area contributed by atoms with Gasteiger partial charge in [0.15, 0.2) is 5.78 Å². The van der Waals surface area contributed by atoms with Gasteiger partial charge in [0.2, 0.25) is 5.91 Å². The molecule has 0 spiro atoms. The smallest absolute Gasteiger partial charge is 0.311 e. The van der Waals surface area contributed by atoms with E-state index >= 15 is 0 Å². The number of aryl methyl sites for hydroxylation is 1. The lowest BCUT2D eigenvalue weighted by atomic mass is 10.1. The van der Waals surface area contributed by atoms with Crippen molar-refractivity contribution in [1.82, 2.24) is 4.90 Å². The molecule has 32 heavy (non-hydrogen) atoms. The highest BCUT2D eigenvalue weighted by atomic mass is 32.2. The second-order valence-electron chi connectivity index (χ2n) is 7.32. The molecule has 0 bridgehead atoms. The van der Waals surface area contributed by atoms with E-state index in [-0.39, 0.29) is 28.3 Å². The Balaban J connectivity index is 0.000000622. The molecular weight excluding hydrogens is 448 g/mol. The topological polar surface area (TPSA) is 78.2 Å². The first-order valence-electron chi connectivity index (χ1n) is 9.43. The molecule has 1 unspecified atom stereocenters.